The smallest absolute Gasteiger partial charge is 0.283 e. The summed E-state index contributed by atoms with van der Waals surface area (Å²) < 4.78 is 46.7. The molecule has 1 aromatic rings. The van der Waals surface area contributed by atoms with Crippen LogP contribution in [0.15, 0.2) is 0 Å². The van der Waals surface area contributed by atoms with Gasteiger partial charge in [0, 0.05) is 26.7 Å². The Kier molecular flexibility index (Phi) is 5.12. The number of amides is 1. The Labute approximate surface area is 138 Å². The van der Waals surface area contributed by atoms with Crippen molar-refractivity contribution in [3.8, 4) is 0 Å². The molecule has 3 rings (SSSR count). The van der Waals surface area contributed by atoms with Crippen LogP contribution in [0.4, 0.5) is 13.2 Å². The minimum absolute atomic E-state index is 0.108. The largest absolute Gasteiger partial charge is 0.376 e. The van der Waals surface area contributed by atoms with Gasteiger partial charge in [-0.05, 0) is 25.2 Å². The van der Waals surface area contributed by atoms with E-state index in [1.165, 1.54) is 11.9 Å². The molecule has 1 atom stereocenters. The van der Waals surface area contributed by atoms with Gasteiger partial charge in [-0.2, -0.15) is 9.49 Å². The standard InChI is InChI=1S/C16H22F3N3O2/c1-21-15(19)12(13(20-21)14(17)18)16(23)22(7-6-10-4-5-10)9-11-3-2-8-24-11/h10-11,14H,2-9H2,1H3. The van der Waals surface area contributed by atoms with E-state index in [9.17, 15) is 18.0 Å². The number of alkyl halides is 2. The van der Waals surface area contributed by atoms with E-state index >= 15 is 0 Å². The number of ether oxygens (including phenoxy) is 1. The van der Waals surface area contributed by atoms with E-state index in [4.69, 9.17) is 4.74 Å². The number of halogens is 3. The number of aryl methyl sites for hydroxylation is 1. The fourth-order valence-electron chi connectivity index (χ4n) is 3.09. The van der Waals surface area contributed by atoms with E-state index in [1.807, 2.05) is 0 Å². The summed E-state index contributed by atoms with van der Waals surface area (Å²) in [5, 5.41) is 3.47. The van der Waals surface area contributed by atoms with Crippen LogP contribution in [0.25, 0.3) is 0 Å². The molecule has 0 radical (unpaired) electrons. The van der Waals surface area contributed by atoms with Crippen molar-refractivity contribution < 1.29 is 22.7 Å². The molecule has 8 heteroatoms. The molecule has 2 aliphatic rings. The Morgan fingerprint density at radius 3 is 2.75 bits per heavy atom. The van der Waals surface area contributed by atoms with Gasteiger partial charge in [0.25, 0.3) is 12.3 Å². The minimum Gasteiger partial charge on any atom is -0.376 e. The van der Waals surface area contributed by atoms with Crippen LogP contribution in [0, 0.1) is 11.9 Å². The van der Waals surface area contributed by atoms with Gasteiger partial charge in [-0.3, -0.25) is 4.79 Å². The van der Waals surface area contributed by atoms with Crippen LogP contribution in [0.5, 0.6) is 0 Å². The predicted octanol–water partition coefficient (Wildman–Crippen LogP) is 2.92. The molecule has 0 N–H and O–H groups in total. The summed E-state index contributed by atoms with van der Waals surface area (Å²) in [6, 6.07) is 0. The maximum absolute atomic E-state index is 14.2. The van der Waals surface area contributed by atoms with E-state index in [1.54, 1.807) is 0 Å². The average molecular weight is 345 g/mol. The number of aromatic nitrogens is 2. The van der Waals surface area contributed by atoms with Crippen molar-refractivity contribution in [2.45, 2.75) is 44.6 Å². The summed E-state index contributed by atoms with van der Waals surface area (Å²) in [4.78, 5) is 14.2. The molecule has 1 aromatic heterocycles. The second-order valence-corrected chi connectivity index (χ2v) is 6.59. The summed E-state index contributed by atoms with van der Waals surface area (Å²) >= 11 is 0. The second kappa shape index (κ2) is 7.13. The summed E-state index contributed by atoms with van der Waals surface area (Å²) in [6.45, 7) is 1.38. The van der Waals surface area contributed by atoms with E-state index in [-0.39, 0.29) is 6.10 Å². The van der Waals surface area contributed by atoms with E-state index in [2.05, 4.69) is 5.10 Å². The maximum atomic E-state index is 14.2. The molecule has 2 heterocycles. The van der Waals surface area contributed by atoms with Crippen LogP contribution >= 0.6 is 0 Å². The zero-order chi connectivity index (χ0) is 17.3. The van der Waals surface area contributed by atoms with Gasteiger partial charge in [0.15, 0.2) is 0 Å². The van der Waals surface area contributed by atoms with Crippen molar-refractivity contribution in [1.82, 2.24) is 14.7 Å². The van der Waals surface area contributed by atoms with Crippen molar-refractivity contribution in [1.29, 1.82) is 0 Å². The normalized spacial score (nSPS) is 20.8. The third-order valence-corrected chi connectivity index (χ3v) is 4.66. The van der Waals surface area contributed by atoms with E-state index < -0.39 is 29.5 Å². The number of nitrogens with zero attached hydrogens (tertiary/aromatic N) is 3. The molecule has 1 saturated carbocycles. The highest BCUT2D eigenvalue weighted by Crippen LogP contribution is 2.33. The first kappa shape index (κ1) is 17.3. The zero-order valence-corrected chi connectivity index (χ0v) is 13.7. The predicted molar refractivity (Wildman–Crippen MR) is 80.3 cm³/mol. The van der Waals surface area contributed by atoms with Crippen molar-refractivity contribution >= 4 is 5.91 Å². The summed E-state index contributed by atoms with van der Waals surface area (Å²) in [7, 11) is 1.21. The lowest BCUT2D eigenvalue weighted by Gasteiger charge is -2.25. The van der Waals surface area contributed by atoms with Crippen molar-refractivity contribution in [2.75, 3.05) is 19.7 Å². The molecule has 1 aliphatic carbocycles. The number of hydrogen-bond acceptors (Lipinski definition) is 3. The monoisotopic (exact) mass is 345 g/mol. The van der Waals surface area contributed by atoms with E-state index in [0.717, 1.165) is 32.1 Å². The zero-order valence-electron chi connectivity index (χ0n) is 13.7. The fourth-order valence-corrected chi connectivity index (χ4v) is 3.09. The molecule has 2 fully saturated rings. The molecule has 0 spiro atoms. The first-order valence-corrected chi connectivity index (χ1v) is 8.38. The highest BCUT2D eigenvalue weighted by atomic mass is 19.3. The maximum Gasteiger partial charge on any atom is 0.283 e. The molecule has 0 aromatic carbocycles. The Bertz CT molecular complexity index is 596. The van der Waals surface area contributed by atoms with Crippen LogP contribution in [0.1, 0.15) is 54.6 Å². The fraction of sp³-hybridized carbons (Fsp3) is 0.750. The molecule has 24 heavy (non-hydrogen) atoms. The number of rotatable bonds is 7. The van der Waals surface area contributed by atoms with Crippen LogP contribution in [0.2, 0.25) is 0 Å². The molecule has 0 bridgehead atoms. The first-order chi connectivity index (χ1) is 11.5. The van der Waals surface area contributed by atoms with Crippen LogP contribution in [0.3, 0.4) is 0 Å². The lowest BCUT2D eigenvalue weighted by Crippen LogP contribution is -2.39. The molecule has 1 aliphatic heterocycles. The molecular formula is C16H22F3N3O2. The Morgan fingerprint density at radius 1 is 1.42 bits per heavy atom. The number of hydrogen-bond donors (Lipinski definition) is 0. The Morgan fingerprint density at radius 2 is 2.17 bits per heavy atom. The molecule has 1 amide bonds. The lowest BCUT2D eigenvalue weighted by atomic mass is 10.1. The second-order valence-electron chi connectivity index (χ2n) is 6.59. The Balaban J connectivity index is 1.80. The summed E-state index contributed by atoms with van der Waals surface area (Å²) in [5.74, 6) is -1.15. The van der Waals surface area contributed by atoms with Gasteiger partial charge in [-0.15, -0.1) is 0 Å². The van der Waals surface area contributed by atoms with Crippen molar-refractivity contribution in [3.05, 3.63) is 17.2 Å². The molecule has 1 unspecified atom stereocenters. The van der Waals surface area contributed by atoms with Gasteiger partial charge in [0.2, 0.25) is 5.95 Å². The van der Waals surface area contributed by atoms with Gasteiger partial charge >= 0.3 is 0 Å². The lowest BCUT2D eigenvalue weighted by molar-refractivity contribution is 0.0509. The third-order valence-electron chi connectivity index (χ3n) is 4.66. The summed E-state index contributed by atoms with van der Waals surface area (Å²) in [5.41, 5.74) is -1.40. The highest BCUT2D eigenvalue weighted by Gasteiger charge is 2.33. The average Bonchev–Trinajstić information content (AvgIpc) is 3.14. The molecule has 134 valence electrons. The third kappa shape index (κ3) is 3.74. The topological polar surface area (TPSA) is 47.4 Å². The SMILES string of the molecule is Cn1nc(C(F)F)c(C(=O)N(CCC2CC2)CC2CCCO2)c1F. The van der Waals surface area contributed by atoms with Gasteiger partial charge in [0.05, 0.1) is 6.10 Å². The van der Waals surface area contributed by atoms with Gasteiger partial charge in [0.1, 0.15) is 11.3 Å². The quantitative estimate of drug-likeness (QED) is 0.763. The van der Waals surface area contributed by atoms with Crippen molar-refractivity contribution in [2.24, 2.45) is 13.0 Å². The van der Waals surface area contributed by atoms with Crippen LogP contribution in [-0.2, 0) is 11.8 Å². The van der Waals surface area contributed by atoms with Crippen LogP contribution < -0.4 is 0 Å². The van der Waals surface area contributed by atoms with Gasteiger partial charge in [-0.1, -0.05) is 12.8 Å². The molecule has 5 nitrogen and oxygen atoms in total. The van der Waals surface area contributed by atoms with Gasteiger partial charge in [-0.25, -0.2) is 13.5 Å². The van der Waals surface area contributed by atoms with E-state index in [0.29, 0.717) is 30.3 Å². The Hall–Kier alpha value is -1.57. The van der Waals surface area contributed by atoms with Crippen molar-refractivity contribution in [3.63, 3.8) is 0 Å². The first-order valence-electron chi connectivity index (χ1n) is 8.38. The highest BCUT2D eigenvalue weighted by molar-refractivity contribution is 5.95. The number of carbonyl (C=O) groups is 1. The van der Waals surface area contributed by atoms with Crippen LogP contribution in [-0.4, -0.2) is 46.4 Å². The molecular weight excluding hydrogens is 323 g/mol. The van der Waals surface area contributed by atoms with Gasteiger partial charge < -0.3 is 9.64 Å². The number of carbonyl (C=O) groups excluding carboxylic acids is 1. The minimum atomic E-state index is -2.99. The molecule has 1 saturated heterocycles. The summed E-state index contributed by atoms with van der Waals surface area (Å²) in [6.07, 6.45) is 1.71.